The molecule has 0 aliphatic rings. The van der Waals surface area contributed by atoms with Crippen molar-refractivity contribution in [1.29, 1.82) is 0 Å². The molecule has 0 saturated carbocycles. The van der Waals surface area contributed by atoms with E-state index in [-0.39, 0.29) is 0 Å². The first kappa shape index (κ1) is 31.5. The average Bonchev–Trinajstić information content (AvgIpc) is 3.87. The summed E-state index contributed by atoms with van der Waals surface area (Å²) in [6.07, 6.45) is 0. The van der Waals surface area contributed by atoms with Gasteiger partial charge in [0.15, 0.2) is 5.58 Å². The van der Waals surface area contributed by atoms with E-state index < -0.39 is 0 Å². The van der Waals surface area contributed by atoms with Gasteiger partial charge in [-0.05, 0) is 105 Å². The van der Waals surface area contributed by atoms with Crippen LogP contribution >= 0.6 is 11.3 Å². The summed E-state index contributed by atoms with van der Waals surface area (Å²) < 4.78 is 9.19. The Hall–Kier alpha value is -7.01. The molecule has 0 aliphatic carbocycles. The molecular weight excluding hydrogens is 689 g/mol. The molecule has 258 valence electrons. The van der Waals surface area contributed by atoms with Gasteiger partial charge in [0, 0.05) is 48.2 Å². The van der Waals surface area contributed by atoms with Crippen molar-refractivity contribution < 1.29 is 4.42 Å². The molecule has 0 bridgehead atoms. The van der Waals surface area contributed by atoms with E-state index in [1.807, 2.05) is 41.7 Å². The molecule has 11 aromatic rings. The fourth-order valence-corrected chi connectivity index (χ4v) is 9.14. The molecule has 0 spiro atoms. The lowest BCUT2D eigenvalue weighted by Crippen LogP contribution is -2.10. The first-order valence-corrected chi connectivity index (χ1v) is 19.3. The highest BCUT2D eigenvalue weighted by Crippen LogP contribution is 2.45. The molecule has 3 nitrogen and oxygen atoms in total. The summed E-state index contributed by atoms with van der Waals surface area (Å²) in [5.74, 6) is 0.626. The van der Waals surface area contributed by atoms with Crippen molar-refractivity contribution in [1.82, 2.24) is 4.98 Å². The topological polar surface area (TPSA) is 29.3 Å². The molecular formula is C51H32N2OS. The van der Waals surface area contributed by atoms with Gasteiger partial charge in [0.2, 0.25) is 5.89 Å². The van der Waals surface area contributed by atoms with Gasteiger partial charge in [-0.15, -0.1) is 11.3 Å². The molecule has 0 N–H and O–H groups in total. The molecule has 55 heavy (non-hydrogen) atoms. The summed E-state index contributed by atoms with van der Waals surface area (Å²) in [5.41, 5.74) is 10.6. The zero-order valence-corrected chi connectivity index (χ0v) is 30.5. The van der Waals surface area contributed by atoms with Gasteiger partial charge in [0.05, 0.1) is 0 Å². The van der Waals surface area contributed by atoms with Gasteiger partial charge in [-0.1, -0.05) is 127 Å². The molecule has 0 radical (unpaired) electrons. The number of aromatic nitrogens is 1. The SMILES string of the molecule is c1ccc(-c2nc3ccc4ccc5ccc(N(c6ccc(-c7ccccc7)c(-c7ccccc7)c6)c6ccc7sc8ccccc8c7c6)cc5c4c3o2)cc1. The van der Waals surface area contributed by atoms with Gasteiger partial charge in [-0.25, -0.2) is 4.98 Å². The first-order valence-electron chi connectivity index (χ1n) is 18.5. The van der Waals surface area contributed by atoms with Gasteiger partial charge >= 0.3 is 0 Å². The van der Waals surface area contributed by atoms with Crippen LogP contribution in [0.4, 0.5) is 17.1 Å². The Morgan fingerprint density at radius 1 is 0.418 bits per heavy atom. The predicted octanol–water partition coefficient (Wildman–Crippen LogP) is 15.0. The Balaban J connectivity index is 1.17. The number of benzene rings is 9. The van der Waals surface area contributed by atoms with Crippen LogP contribution in [-0.4, -0.2) is 4.98 Å². The third-order valence-corrected chi connectivity index (χ3v) is 11.8. The van der Waals surface area contributed by atoms with Crippen LogP contribution in [0.1, 0.15) is 0 Å². The number of hydrogen-bond donors (Lipinski definition) is 0. The normalized spacial score (nSPS) is 11.6. The largest absolute Gasteiger partial charge is 0.435 e. The zero-order chi connectivity index (χ0) is 36.3. The standard InChI is InChI=1S/C51H32N2OS/c1-4-12-33(13-5-1)41-27-25-39(30-43(41)34-14-6-2-7-15-34)53(40-26-29-48-45(32-40)42-18-10-11-19-47(42)55-48)38-24-22-35-20-21-36-23-28-46-50(49(36)44(35)31-38)54-51(52-46)37-16-8-3-9-17-37/h1-32H. The minimum atomic E-state index is 0.626. The monoisotopic (exact) mass is 720 g/mol. The maximum absolute atomic E-state index is 6.62. The molecule has 0 fully saturated rings. The van der Waals surface area contributed by atoms with E-state index >= 15 is 0 Å². The summed E-state index contributed by atoms with van der Waals surface area (Å²) in [5, 5.41) is 6.98. The van der Waals surface area contributed by atoms with Crippen LogP contribution in [-0.2, 0) is 0 Å². The highest BCUT2D eigenvalue weighted by atomic mass is 32.1. The number of thiophene rings is 1. The van der Waals surface area contributed by atoms with Crippen LogP contribution < -0.4 is 4.90 Å². The fourth-order valence-electron chi connectivity index (χ4n) is 8.05. The lowest BCUT2D eigenvalue weighted by atomic mass is 9.93. The Morgan fingerprint density at radius 2 is 0.982 bits per heavy atom. The zero-order valence-electron chi connectivity index (χ0n) is 29.7. The van der Waals surface area contributed by atoms with Crippen LogP contribution in [0.5, 0.6) is 0 Å². The number of hydrogen-bond acceptors (Lipinski definition) is 4. The van der Waals surface area contributed by atoms with E-state index in [9.17, 15) is 0 Å². The van der Waals surface area contributed by atoms with E-state index in [4.69, 9.17) is 9.40 Å². The summed E-state index contributed by atoms with van der Waals surface area (Å²) in [6, 6.07) is 69.4. The number of nitrogens with zero attached hydrogens (tertiary/aromatic N) is 2. The quantitative estimate of drug-likeness (QED) is 0.160. The maximum atomic E-state index is 6.62. The van der Waals surface area contributed by atoms with E-state index in [0.717, 1.165) is 55.3 Å². The second-order valence-corrected chi connectivity index (χ2v) is 15.0. The first-order chi connectivity index (χ1) is 27.2. The third kappa shape index (κ3) is 5.38. The second-order valence-electron chi connectivity index (χ2n) is 13.9. The van der Waals surface area contributed by atoms with Crippen molar-refractivity contribution in [3.63, 3.8) is 0 Å². The highest BCUT2D eigenvalue weighted by Gasteiger charge is 2.20. The number of oxazole rings is 1. The summed E-state index contributed by atoms with van der Waals surface area (Å²) in [7, 11) is 0. The minimum Gasteiger partial charge on any atom is -0.435 e. The van der Waals surface area contributed by atoms with Crippen molar-refractivity contribution in [2.24, 2.45) is 0 Å². The second kappa shape index (κ2) is 12.8. The number of fused-ring (bicyclic) bond motifs is 8. The molecule has 9 aromatic carbocycles. The molecule has 4 heteroatoms. The summed E-state index contributed by atoms with van der Waals surface area (Å²) in [6.45, 7) is 0. The lowest BCUT2D eigenvalue weighted by molar-refractivity contribution is 0.623. The van der Waals surface area contributed by atoms with Gasteiger partial charge < -0.3 is 9.32 Å². The highest BCUT2D eigenvalue weighted by molar-refractivity contribution is 7.25. The van der Waals surface area contributed by atoms with Gasteiger partial charge in [-0.3, -0.25) is 0 Å². The van der Waals surface area contributed by atoms with Crippen molar-refractivity contribution in [2.75, 3.05) is 4.90 Å². The van der Waals surface area contributed by atoms with Crippen LogP contribution in [0.2, 0.25) is 0 Å². The van der Waals surface area contributed by atoms with E-state index in [1.165, 1.54) is 42.4 Å². The Labute approximate surface area is 322 Å². The molecule has 0 atom stereocenters. The van der Waals surface area contributed by atoms with E-state index in [2.05, 4.69) is 169 Å². The third-order valence-electron chi connectivity index (χ3n) is 10.7. The van der Waals surface area contributed by atoms with E-state index in [1.54, 1.807) is 0 Å². The number of anilines is 3. The molecule has 0 aliphatic heterocycles. The van der Waals surface area contributed by atoms with Crippen molar-refractivity contribution in [3.8, 4) is 33.7 Å². The maximum Gasteiger partial charge on any atom is 0.227 e. The summed E-state index contributed by atoms with van der Waals surface area (Å²) in [4.78, 5) is 7.34. The Bertz CT molecular complexity index is 3200. The van der Waals surface area contributed by atoms with Crippen molar-refractivity contribution in [3.05, 3.63) is 194 Å². The van der Waals surface area contributed by atoms with Crippen LogP contribution in [0.15, 0.2) is 199 Å². The van der Waals surface area contributed by atoms with Gasteiger partial charge in [0.1, 0.15) is 5.52 Å². The Kier molecular flexibility index (Phi) is 7.35. The fraction of sp³-hybridized carbons (Fsp3) is 0. The molecule has 0 saturated heterocycles. The lowest BCUT2D eigenvalue weighted by Gasteiger charge is -2.27. The minimum absolute atomic E-state index is 0.626. The van der Waals surface area contributed by atoms with Crippen LogP contribution in [0.25, 0.3) is 86.5 Å². The Morgan fingerprint density at radius 3 is 1.76 bits per heavy atom. The smallest absolute Gasteiger partial charge is 0.227 e. The molecule has 2 aromatic heterocycles. The van der Waals surface area contributed by atoms with E-state index in [0.29, 0.717) is 5.89 Å². The van der Waals surface area contributed by atoms with Gasteiger partial charge in [0.25, 0.3) is 0 Å². The van der Waals surface area contributed by atoms with Crippen molar-refractivity contribution >= 4 is 81.2 Å². The molecule has 2 heterocycles. The predicted molar refractivity (Wildman–Crippen MR) is 233 cm³/mol. The average molecular weight is 721 g/mol. The summed E-state index contributed by atoms with van der Waals surface area (Å²) >= 11 is 1.84. The molecule has 0 amide bonds. The number of rotatable bonds is 6. The molecule has 11 rings (SSSR count). The van der Waals surface area contributed by atoms with Crippen LogP contribution in [0.3, 0.4) is 0 Å². The van der Waals surface area contributed by atoms with Crippen LogP contribution in [0, 0.1) is 0 Å². The molecule has 0 unspecified atom stereocenters. The van der Waals surface area contributed by atoms with Gasteiger partial charge in [-0.2, -0.15) is 0 Å². The van der Waals surface area contributed by atoms with Crippen molar-refractivity contribution in [2.45, 2.75) is 0 Å².